The molecule has 1 aliphatic carbocycles. The number of benzene rings is 1. The third-order valence-electron chi connectivity index (χ3n) is 4.34. The van der Waals surface area contributed by atoms with E-state index in [1.54, 1.807) is 0 Å². The Balaban J connectivity index is 1.50. The molecule has 120 valence electrons. The summed E-state index contributed by atoms with van der Waals surface area (Å²) >= 11 is 1.46. The number of aromatic nitrogens is 3. The van der Waals surface area contributed by atoms with Crippen molar-refractivity contribution in [2.24, 2.45) is 0 Å². The van der Waals surface area contributed by atoms with Crippen LogP contribution in [0.2, 0.25) is 0 Å². The van der Waals surface area contributed by atoms with E-state index in [0.29, 0.717) is 16.8 Å². The van der Waals surface area contributed by atoms with Crippen molar-refractivity contribution in [1.82, 2.24) is 19.7 Å². The van der Waals surface area contributed by atoms with E-state index < -0.39 is 0 Å². The molecule has 1 amide bonds. The summed E-state index contributed by atoms with van der Waals surface area (Å²) in [4.78, 5) is 18.8. The first-order valence-electron chi connectivity index (χ1n) is 8.24. The van der Waals surface area contributed by atoms with Crippen molar-refractivity contribution in [3.63, 3.8) is 0 Å². The molecule has 0 unspecified atom stereocenters. The van der Waals surface area contributed by atoms with Gasteiger partial charge in [0.15, 0.2) is 0 Å². The molecular weight excluding hydrogens is 308 g/mol. The van der Waals surface area contributed by atoms with Gasteiger partial charge in [-0.25, -0.2) is 9.67 Å². The number of para-hydroxylation sites is 1. The number of carbonyl (C=O) groups excluding carboxylic acids is 1. The summed E-state index contributed by atoms with van der Waals surface area (Å²) in [6, 6.07) is 10.1. The average molecular weight is 328 g/mol. The first kappa shape index (κ1) is 14.8. The molecule has 0 atom stereocenters. The van der Waals surface area contributed by atoms with Gasteiger partial charge >= 0.3 is 0 Å². The fraction of sp³-hybridized carbons (Fsp3) is 0.471. The van der Waals surface area contributed by atoms with E-state index in [4.69, 9.17) is 4.98 Å². The van der Waals surface area contributed by atoms with Gasteiger partial charge in [0.25, 0.3) is 0 Å². The normalized spacial score (nSPS) is 17.7. The molecule has 2 aromatic rings. The average Bonchev–Trinajstić information content (AvgIpc) is 3.13. The minimum atomic E-state index is 0.205. The maximum absolute atomic E-state index is 12.2. The maximum Gasteiger partial charge on any atom is 0.233 e. The third kappa shape index (κ3) is 3.27. The Labute approximate surface area is 140 Å². The molecule has 5 nitrogen and oxygen atoms in total. The predicted molar refractivity (Wildman–Crippen MR) is 89.9 cm³/mol. The van der Waals surface area contributed by atoms with Gasteiger partial charge in [0.05, 0.1) is 11.4 Å². The zero-order valence-electron chi connectivity index (χ0n) is 13.0. The van der Waals surface area contributed by atoms with Crippen molar-refractivity contribution < 1.29 is 4.79 Å². The van der Waals surface area contributed by atoms with Gasteiger partial charge in [0, 0.05) is 19.0 Å². The van der Waals surface area contributed by atoms with Crippen LogP contribution >= 0.6 is 11.8 Å². The lowest BCUT2D eigenvalue weighted by molar-refractivity contribution is -0.127. The van der Waals surface area contributed by atoms with E-state index in [1.165, 1.54) is 24.6 Å². The van der Waals surface area contributed by atoms with E-state index in [1.807, 2.05) is 39.9 Å². The van der Waals surface area contributed by atoms with Crippen LogP contribution in [-0.4, -0.2) is 44.4 Å². The Morgan fingerprint density at radius 1 is 1.17 bits per heavy atom. The Morgan fingerprint density at radius 2 is 1.91 bits per heavy atom. The van der Waals surface area contributed by atoms with Crippen LogP contribution in [0.1, 0.15) is 37.4 Å². The molecule has 0 spiro atoms. The van der Waals surface area contributed by atoms with E-state index in [-0.39, 0.29) is 5.91 Å². The second-order valence-electron chi connectivity index (χ2n) is 6.15. The van der Waals surface area contributed by atoms with Gasteiger partial charge in [-0.1, -0.05) is 30.0 Å². The van der Waals surface area contributed by atoms with E-state index in [9.17, 15) is 4.79 Å². The highest BCUT2D eigenvalue weighted by atomic mass is 32.2. The summed E-state index contributed by atoms with van der Waals surface area (Å²) in [6.07, 6.45) is 4.62. The summed E-state index contributed by atoms with van der Waals surface area (Å²) in [7, 11) is 0. The van der Waals surface area contributed by atoms with Crippen LogP contribution in [0.25, 0.3) is 5.69 Å². The minimum Gasteiger partial charge on any atom is -0.342 e. The highest BCUT2D eigenvalue weighted by Gasteiger charge is 2.30. The van der Waals surface area contributed by atoms with Gasteiger partial charge in [-0.3, -0.25) is 4.79 Å². The zero-order chi connectivity index (χ0) is 15.6. The largest absolute Gasteiger partial charge is 0.342 e. The molecule has 1 saturated carbocycles. The number of hydrogen-bond donors (Lipinski definition) is 0. The number of carbonyl (C=O) groups is 1. The van der Waals surface area contributed by atoms with Crippen molar-refractivity contribution >= 4 is 17.7 Å². The molecule has 0 radical (unpaired) electrons. The molecule has 1 saturated heterocycles. The fourth-order valence-electron chi connectivity index (χ4n) is 2.91. The molecule has 23 heavy (non-hydrogen) atoms. The van der Waals surface area contributed by atoms with Crippen molar-refractivity contribution in [3.05, 3.63) is 36.2 Å². The van der Waals surface area contributed by atoms with Crippen molar-refractivity contribution in [2.75, 3.05) is 18.8 Å². The number of hydrogen-bond acceptors (Lipinski definition) is 4. The number of rotatable bonds is 5. The highest BCUT2D eigenvalue weighted by Crippen LogP contribution is 2.40. The van der Waals surface area contributed by atoms with Crippen LogP contribution in [0.15, 0.2) is 35.5 Å². The maximum atomic E-state index is 12.2. The lowest BCUT2D eigenvalue weighted by Crippen LogP contribution is -2.29. The smallest absolute Gasteiger partial charge is 0.233 e. The molecular formula is C17H20N4OS. The number of likely N-dealkylation sites (tertiary alicyclic amines) is 1. The Kier molecular flexibility index (Phi) is 4.08. The standard InChI is InChI=1S/C17H20N4OS/c22-15(20-10-4-5-11-20)12-23-17-18-16(13-8-9-13)21(19-17)14-6-2-1-3-7-14/h1-3,6-7,13H,4-5,8-12H2. The minimum absolute atomic E-state index is 0.205. The van der Waals surface area contributed by atoms with Crippen LogP contribution in [0.5, 0.6) is 0 Å². The number of thioether (sulfide) groups is 1. The van der Waals surface area contributed by atoms with Gasteiger partial charge in [-0.05, 0) is 37.8 Å². The molecule has 1 aromatic heterocycles. The molecule has 0 bridgehead atoms. The SMILES string of the molecule is O=C(CSc1nc(C2CC2)n(-c2ccccc2)n1)N1CCCC1. The summed E-state index contributed by atoms with van der Waals surface area (Å²) < 4.78 is 1.94. The first-order valence-corrected chi connectivity index (χ1v) is 9.23. The summed E-state index contributed by atoms with van der Waals surface area (Å²) in [5, 5.41) is 5.35. The number of amides is 1. The van der Waals surface area contributed by atoms with Crippen LogP contribution in [-0.2, 0) is 4.79 Å². The quantitative estimate of drug-likeness (QED) is 0.792. The van der Waals surface area contributed by atoms with Crippen LogP contribution in [0.4, 0.5) is 0 Å². The highest BCUT2D eigenvalue weighted by molar-refractivity contribution is 7.99. The third-order valence-corrected chi connectivity index (χ3v) is 5.16. The Morgan fingerprint density at radius 3 is 2.61 bits per heavy atom. The van der Waals surface area contributed by atoms with Gasteiger partial charge in [-0.2, -0.15) is 0 Å². The predicted octanol–water partition coefficient (Wildman–Crippen LogP) is 2.86. The van der Waals surface area contributed by atoms with Gasteiger partial charge < -0.3 is 4.90 Å². The summed E-state index contributed by atoms with van der Waals surface area (Å²) in [6.45, 7) is 1.80. The molecule has 1 aliphatic heterocycles. The molecule has 2 aliphatic rings. The summed E-state index contributed by atoms with van der Waals surface area (Å²) in [5.41, 5.74) is 1.04. The van der Waals surface area contributed by atoms with E-state index in [0.717, 1.165) is 37.4 Å². The van der Waals surface area contributed by atoms with E-state index >= 15 is 0 Å². The lowest BCUT2D eigenvalue weighted by Gasteiger charge is -2.13. The topological polar surface area (TPSA) is 51.0 Å². The van der Waals surface area contributed by atoms with Crippen LogP contribution in [0.3, 0.4) is 0 Å². The molecule has 4 rings (SSSR count). The fourth-order valence-corrected chi connectivity index (χ4v) is 3.65. The van der Waals surface area contributed by atoms with Gasteiger partial charge in [-0.15, -0.1) is 5.10 Å². The van der Waals surface area contributed by atoms with Gasteiger partial charge in [0.2, 0.25) is 11.1 Å². The van der Waals surface area contributed by atoms with Crippen molar-refractivity contribution in [1.29, 1.82) is 0 Å². The monoisotopic (exact) mass is 328 g/mol. The van der Waals surface area contributed by atoms with Crippen LogP contribution in [0, 0.1) is 0 Å². The molecule has 2 heterocycles. The second-order valence-corrected chi connectivity index (χ2v) is 7.09. The van der Waals surface area contributed by atoms with Crippen LogP contribution < -0.4 is 0 Å². The summed E-state index contributed by atoms with van der Waals surface area (Å²) in [5.74, 6) is 2.19. The Hall–Kier alpha value is -1.82. The second kappa shape index (κ2) is 6.35. The lowest BCUT2D eigenvalue weighted by atomic mass is 10.3. The van der Waals surface area contributed by atoms with Crippen molar-refractivity contribution in [2.45, 2.75) is 36.8 Å². The molecule has 0 N–H and O–H groups in total. The van der Waals surface area contributed by atoms with Gasteiger partial charge in [0.1, 0.15) is 5.82 Å². The Bertz CT molecular complexity index is 690. The van der Waals surface area contributed by atoms with Crippen molar-refractivity contribution in [3.8, 4) is 5.69 Å². The number of nitrogens with zero attached hydrogens (tertiary/aromatic N) is 4. The zero-order valence-corrected chi connectivity index (χ0v) is 13.8. The van der Waals surface area contributed by atoms with E-state index in [2.05, 4.69) is 5.10 Å². The molecule has 6 heteroatoms. The molecule has 1 aromatic carbocycles. The molecule has 2 fully saturated rings. The first-order chi connectivity index (χ1) is 11.3.